The molecule has 0 aromatic carbocycles. The largest absolute Gasteiger partial charge is 0.392 e. The standard InChI is InChI=1S/C13H14N4OS/c14-12(19)11(8-4-5-8)16-13(18)9-7-15-17-6-2-1-3-10(9)17/h1-3,6-8,11H,4-5H2,(H2,14,19)(H,16,18). The Kier molecular flexibility index (Phi) is 2.94. The first-order chi connectivity index (χ1) is 9.16. The zero-order valence-corrected chi connectivity index (χ0v) is 11.1. The van der Waals surface area contributed by atoms with Crippen LogP contribution in [-0.4, -0.2) is 26.6 Å². The summed E-state index contributed by atoms with van der Waals surface area (Å²) in [5.74, 6) is 0.217. The topological polar surface area (TPSA) is 72.4 Å². The van der Waals surface area contributed by atoms with Crippen LogP contribution in [0.25, 0.3) is 5.52 Å². The van der Waals surface area contributed by atoms with Gasteiger partial charge in [-0.05, 0) is 30.9 Å². The molecule has 6 heteroatoms. The molecule has 0 saturated heterocycles. The average molecular weight is 274 g/mol. The van der Waals surface area contributed by atoms with E-state index in [1.54, 1.807) is 16.9 Å². The molecule has 1 atom stereocenters. The van der Waals surface area contributed by atoms with Crippen molar-refractivity contribution in [1.29, 1.82) is 0 Å². The van der Waals surface area contributed by atoms with E-state index in [4.69, 9.17) is 18.0 Å². The third-order valence-corrected chi connectivity index (χ3v) is 3.61. The van der Waals surface area contributed by atoms with Crippen LogP contribution >= 0.6 is 12.2 Å². The summed E-state index contributed by atoms with van der Waals surface area (Å²) in [6, 6.07) is 5.39. The number of aromatic nitrogens is 2. The van der Waals surface area contributed by atoms with Gasteiger partial charge in [-0.3, -0.25) is 4.79 Å². The monoisotopic (exact) mass is 274 g/mol. The number of hydrogen-bond donors (Lipinski definition) is 2. The second-order valence-electron chi connectivity index (χ2n) is 4.78. The molecule has 1 saturated carbocycles. The Bertz CT molecular complexity index is 647. The van der Waals surface area contributed by atoms with Gasteiger partial charge in [-0.25, -0.2) is 4.52 Å². The molecule has 0 bridgehead atoms. The van der Waals surface area contributed by atoms with E-state index < -0.39 is 0 Å². The number of nitrogens with zero attached hydrogens (tertiary/aromatic N) is 2. The third-order valence-electron chi connectivity index (χ3n) is 3.36. The normalized spacial score (nSPS) is 16.2. The van der Waals surface area contributed by atoms with Crippen molar-refractivity contribution in [2.75, 3.05) is 0 Å². The quantitative estimate of drug-likeness (QED) is 0.820. The van der Waals surface area contributed by atoms with Crippen molar-refractivity contribution in [2.45, 2.75) is 18.9 Å². The predicted molar refractivity (Wildman–Crippen MR) is 76.0 cm³/mol. The number of rotatable bonds is 4. The Morgan fingerprint density at radius 1 is 1.53 bits per heavy atom. The van der Waals surface area contributed by atoms with Crippen LogP contribution in [0.3, 0.4) is 0 Å². The summed E-state index contributed by atoms with van der Waals surface area (Å²) < 4.78 is 1.67. The van der Waals surface area contributed by atoms with E-state index in [2.05, 4.69) is 10.4 Å². The highest BCUT2D eigenvalue weighted by Crippen LogP contribution is 2.33. The van der Waals surface area contributed by atoms with Gasteiger partial charge in [0.05, 0.1) is 28.3 Å². The molecular weight excluding hydrogens is 260 g/mol. The molecule has 1 unspecified atom stereocenters. The van der Waals surface area contributed by atoms with Gasteiger partial charge in [-0.1, -0.05) is 18.3 Å². The minimum atomic E-state index is -0.207. The van der Waals surface area contributed by atoms with E-state index in [0.717, 1.165) is 18.4 Å². The SMILES string of the molecule is NC(=S)C(NC(=O)c1cnn2ccccc12)C1CC1. The summed E-state index contributed by atoms with van der Waals surface area (Å²) in [4.78, 5) is 12.6. The van der Waals surface area contributed by atoms with Gasteiger partial charge in [0.15, 0.2) is 0 Å². The smallest absolute Gasteiger partial charge is 0.255 e. The highest BCUT2D eigenvalue weighted by atomic mass is 32.1. The fraction of sp³-hybridized carbons (Fsp3) is 0.308. The first-order valence-electron chi connectivity index (χ1n) is 6.19. The Morgan fingerprint density at radius 3 is 3.00 bits per heavy atom. The fourth-order valence-electron chi connectivity index (χ4n) is 2.18. The van der Waals surface area contributed by atoms with Crippen molar-refractivity contribution in [3.63, 3.8) is 0 Å². The van der Waals surface area contributed by atoms with Crippen LogP contribution in [-0.2, 0) is 0 Å². The fourth-order valence-corrected chi connectivity index (χ4v) is 2.43. The molecule has 0 spiro atoms. The average Bonchev–Trinajstić information content (AvgIpc) is 3.14. The number of fused-ring (bicyclic) bond motifs is 1. The lowest BCUT2D eigenvalue weighted by atomic mass is 10.1. The summed E-state index contributed by atoms with van der Waals surface area (Å²) in [5, 5.41) is 7.06. The van der Waals surface area contributed by atoms with E-state index in [-0.39, 0.29) is 11.9 Å². The second-order valence-corrected chi connectivity index (χ2v) is 5.25. The van der Waals surface area contributed by atoms with Crippen molar-refractivity contribution in [3.05, 3.63) is 36.2 Å². The zero-order valence-electron chi connectivity index (χ0n) is 10.2. The molecule has 1 fully saturated rings. The number of thiocarbonyl (C=S) groups is 1. The van der Waals surface area contributed by atoms with Gasteiger partial charge in [-0.15, -0.1) is 0 Å². The van der Waals surface area contributed by atoms with Gasteiger partial charge >= 0.3 is 0 Å². The van der Waals surface area contributed by atoms with Gasteiger partial charge in [0.2, 0.25) is 0 Å². The number of carbonyl (C=O) groups is 1. The minimum Gasteiger partial charge on any atom is -0.392 e. The summed E-state index contributed by atoms with van der Waals surface area (Å²) >= 11 is 5.02. The van der Waals surface area contributed by atoms with E-state index in [1.807, 2.05) is 18.2 Å². The van der Waals surface area contributed by atoms with Crippen LogP contribution in [0.1, 0.15) is 23.2 Å². The molecular formula is C13H14N4OS. The number of pyridine rings is 1. The summed E-state index contributed by atoms with van der Waals surface area (Å²) in [6.07, 6.45) is 5.50. The maximum atomic E-state index is 12.3. The highest BCUT2D eigenvalue weighted by Gasteiger charge is 2.34. The van der Waals surface area contributed by atoms with Crippen LogP contribution in [0, 0.1) is 5.92 Å². The van der Waals surface area contributed by atoms with Gasteiger partial charge in [0.1, 0.15) is 0 Å². The van der Waals surface area contributed by atoms with Crippen molar-refractivity contribution in [3.8, 4) is 0 Å². The molecule has 1 aliphatic rings. The molecule has 2 aromatic rings. The number of hydrogen-bond acceptors (Lipinski definition) is 3. The summed E-state index contributed by atoms with van der Waals surface area (Å²) in [7, 11) is 0. The molecule has 2 aromatic heterocycles. The highest BCUT2D eigenvalue weighted by molar-refractivity contribution is 7.80. The Balaban J connectivity index is 1.85. The number of nitrogens with two attached hydrogens (primary N) is 1. The molecule has 1 aliphatic carbocycles. The summed E-state index contributed by atoms with van der Waals surface area (Å²) in [5.41, 5.74) is 7.01. The van der Waals surface area contributed by atoms with E-state index in [9.17, 15) is 4.79 Å². The Hall–Kier alpha value is -1.95. The third kappa shape index (κ3) is 2.31. The van der Waals surface area contributed by atoms with Crippen LogP contribution < -0.4 is 11.1 Å². The van der Waals surface area contributed by atoms with Gasteiger partial charge in [0.25, 0.3) is 5.91 Å². The lowest BCUT2D eigenvalue weighted by molar-refractivity contribution is 0.0945. The van der Waals surface area contributed by atoms with Crippen LogP contribution in [0.4, 0.5) is 0 Å². The van der Waals surface area contributed by atoms with Gasteiger partial charge in [-0.2, -0.15) is 5.10 Å². The maximum absolute atomic E-state index is 12.3. The molecule has 2 heterocycles. The number of amides is 1. The van der Waals surface area contributed by atoms with Crippen LogP contribution in [0.5, 0.6) is 0 Å². The van der Waals surface area contributed by atoms with E-state index in [0.29, 0.717) is 16.5 Å². The van der Waals surface area contributed by atoms with Crippen molar-refractivity contribution in [2.24, 2.45) is 11.7 Å². The predicted octanol–water partition coefficient (Wildman–Crippen LogP) is 1.13. The van der Waals surface area contributed by atoms with Crippen LogP contribution in [0.15, 0.2) is 30.6 Å². The van der Waals surface area contributed by atoms with E-state index in [1.165, 1.54) is 0 Å². The molecule has 5 nitrogen and oxygen atoms in total. The Labute approximate surface area is 115 Å². The van der Waals surface area contributed by atoms with Gasteiger partial charge in [0, 0.05) is 6.20 Å². The molecule has 98 valence electrons. The lowest BCUT2D eigenvalue weighted by Gasteiger charge is -2.16. The van der Waals surface area contributed by atoms with Crippen molar-refractivity contribution < 1.29 is 4.79 Å². The summed E-state index contributed by atoms with van der Waals surface area (Å²) in [6.45, 7) is 0. The molecule has 0 aliphatic heterocycles. The number of carbonyl (C=O) groups excluding carboxylic acids is 1. The first-order valence-corrected chi connectivity index (χ1v) is 6.60. The maximum Gasteiger partial charge on any atom is 0.255 e. The minimum absolute atomic E-state index is 0.175. The Morgan fingerprint density at radius 2 is 2.32 bits per heavy atom. The second kappa shape index (κ2) is 4.62. The molecule has 0 radical (unpaired) electrons. The van der Waals surface area contributed by atoms with Crippen molar-refractivity contribution >= 4 is 28.6 Å². The van der Waals surface area contributed by atoms with Crippen molar-refractivity contribution in [1.82, 2.24) is 14.9 Å². The molecule has 3 N–H and O–H groups in total. The number of nitrogens with one attached hydrogen (secondary N) is 1. The molecule has 3 rings (SSSR count). The lowest BCUT2D eigenvalue weighted by Crippen LogP contribution is -2.45. The zero-order chi connectivity index (χ0) is 13.4. The van der Waals surface area contributed by atoms with E-state index >= 15 is 0 Å². The van der Waals surface area contributed by atoms with Crippen LogP contribution in [0.2, 0.25) is 0 Å². The molecule has 19 heavy (non-hydrogen) atoms. The molecule has 1 amide bonds. The first kappa shape index (κ1) is 12.1. The van der Waals surface area contributed by atoms with Gasteiger partial charge < -0.3 is 11.1 Å².